The van der Waals surface area contributed by atoms with E-state index in [0.29, 0.717) is 5.56 Å². The van der Waals surface area contributed by atoms with Crippen molar-refractivity contribution in [3.63, 3.8) is 0 Å². The van der Waals surface area contributed by atoms with E-state index in [2.05, 4.69) is 0 Å². The molecule has 4 aromatic rings. The second-order valence-electron chi connectivity index (χ2n) is 15.4. The molecule has 3 aliphatic rings. The Kier molecular flexibility index (Phi) is 14.2. The Labute approximate surface area is 365 Å². The van der Waals surface area contributed by atoms with Gasteiger partial charge in [0, 0.05) is 23.8 Å². The summed E-state index contributed by atoms with van der Waals surface area (Å²) in [7, 11) is 0. The number of ether oxygens (including phenoxy) is 7. The number of benzene rings is 3. The molecule has 23 nitrogen and oxygen atoms in total. The Balaban J connectivity index is 1.27. The standard InChI is InChI=1S/C42H46O23/c1-15-28(49)32(53)35(56)40(59-15)60-19-11-22(47)27-23(12-19)61-37(17-5-8-20(45)21(46)10-17)38(31(27)52)64-42-39(65-41-36(57)33(54)29(50)24(13-43)62-41)34(55)30(51)25(63-42)14-58-26(48)9-4-16-2-6-18(44)7-3-16/h2-12,15,24-25,28-30,32-36,39-47,49-51,53-57H,13-14H2,1H3/b9-4+/t15-,24+,25-,28+,29-,30-,32-,33+,34+,35+,36+,39-,40+,41+,42+/m1/s1. The third kappa shape index (κ3) is 9.83. The summed E-state index contributed by atoms with van der Waals surface area (Å²) in [5.41, 5.74) is -1.29. The summed E-state index contributed by atoms with van der Waals surface area (Å²) < 4.78 is 45.7. The molecule has 0 radical (unpaired) electrons. The van der Waals surface area contributed by atoms with Gasteiger partial charge in [0.25, 0.3) is 0 Å². The molecular weight excluding hydrogens is 872 g/mol. The zero-order valence-corrected chi connectivity index (χ0v) is 33.8. The van der Waals surface area contributed by atoms with Gasteiger partial charge in [-0.15, -0.1) is 0 Å². The number of aromatic hydroxyl groups is 4. The maximum atomic E-state index is 14.5. The lowest BCUT2D eigenvalue weighted by atomic mass is 9.97. The van der Waals surface area contributed by atoms with Crippen molar-refractivity contribution in [1.82, 2.24) is 0 Å². The first-order valence-electron chi connectivity index (χ1n) is 19.9. The van der Waals surface area contributed by atoms with Crippen LogP contribution in [0.4, 0.5) is 0 Å². The topological polar surface area (TPSA) is 375 Å². The molecule has 3 fully saturated rings. The second-order valence-corrected chi connectivity index (χ2v) is 15.4. The van der Waals surface area contributed by atoms with Gasteiger partial charge < -0.3 is 104 Å². The molecule has 1 aromatic heterocycles. The van der Waals surface area contributed by atoms with Crippen LogP contribution in [0.15, 0.2) is 69.9 Å². The molecule has 15 atom stereocenters. The molecule has 3 aromatic carbocycles. The minimum absolute atomic E-state index is 0.0191. The molecule has 13 N–H and O–H groups in total. The summed E-state index contributed by atoms with van der Waals surface area (Å²) in [4.78, 5) is 27.3. The van der Waals surface area contributed by atoms with Crippen molar-refractivity contribution in [3.8, 4) is 45.8 Å². The third-order valence-corrected chi connectivity index (χ3v) is 10.9. The lowest BCUT2D eigenvalue weighted by molar-refractivity contribution is -0.358. The largest absolute Gasteiger partial charge is 0.508 e. The molecule has 0 saturated carbocycles. The minimum atomic E-state index is -2.14. The lowest BCUT2D eigenvalue weighted by Crippen LogP contribution is -2.65. The Morgan fingerprint density at radius 3 is 2.03 bits per heavy atom. The lowest BCUT2D eigenvalue weighted by Gasteiger charge is -2.45. The van der Waals surface area contributed by atoms with Gasteiger partial charge in [0.05, 0.1) is 12.7 Å². The molecule has 4 heterocycles. The van der Waals surface area contributed by atoms with Crippen molar-refractivity contribution in [2.24, 2.45) is 0 Å². The van der Waals surface area contributed by atoms with Crippen LogP contribution in [0.5, 0.6) is 34.5 Å². The molecule has 23 heteroatoms. The van der Waals surface area contributed by atoms with Gasteiger partial charge in [0.15, 0.2) is 29.7 Å². The van der Waals surface area contributed by atoms with Gasteiger partial charge in [-0.3, -0.25) is 4.79 Å². The van der Waals surface area contributed by atoms with Crippen LogP contribution < -0.4 is 14.9 Å². The van der Waals surface area contributed by atoms with Crippen molar-refractivity contribution in [3.05, 3.63) is 76.5 Å². The highest BCUT2D eigenvalue weighted by Gasteiger charge is 2.52. The van der Waals surface area contributed by atoms with Crippen LogP contribution in [0.25, 0.3) is 28.4 Å². The predicted molar refractivity (Wildman–Crippen MR) is 214 cm³/mol. The molecule has 3 saturated heterocycles. The van der Waals surface area contributed by atoms with E-state index in [1.165, 1.54) is 43.3 Å². The van der Waals surface area contributed by atoms with Crippen LogP contribution in [0.3, 0.4) is 0 Å². The Morgan fingerprint density at radius 1 is 0.677 bits per heavy atom. The van der Waals surface area contributed by atoms with Gasteiger partial charge in [0.1, 0.15) is 95.9 Å². The molecule has 3 aliphatic heterocycles. The molecule has 7 rings (SSSR count). The number of aliphatic hydroxyl groups is 9. The third-order valence-electron chi connectivity index (χ3n) is 10.9. The monoisotopic (exact) mass is 918 g/mol. The molecule has 0 bridgehead atoms. The SMILES string of the molecule is C[C@H]1O[C@@H](Oc2cc(O)c3c(=O)c(O[C@@H]4O[C@H](COC(=O)/C=C/c5ccc(O)cc5)[C@@H](O)[C@H](O)[C@H]4O[C@@H]4O[C@@H](CO)[C@@H](O)[C@H](O)[C@@H]4O)c(-c4ccc(O)c(O)c4)oc3c2)[C@@H](O)[C@H](O)[C@H]1O. The average molecular weight is 919 g/mol. The maximum absolute atomic E-state index is 14.5. The maximum Gasteiger partial charge on any atom is 0.330 e. The van der Waals surface area contributed by atoms with E-state index in [1.807, 2.05) is 0 Å². The second kappa shape index (κ2) is 19.4. The van der Waals surface area contributed by atoms with E-state index < -0.39 is 156 Å². The van der Waals surface area contributed by atoms with Crippen molar-refractivity contribution in [1.29, 1.82) is 0 Å². The van der Waals surface area contributed by atoms with Gasteiger partial charge >= 0.3 is 5.97 Å². The fraction of sp³-hybridized carbons (Fsp3) is 0.429. The van der Waals surface area contributed by atoms with Crippen LogP contribution >= 0.6 is 0 Å². The molecule has 0 aliphatic carbocycles. The van der Waals surface area contributed by atoms with Crippen LogP contribution in [-0.4, -0.2) is 178 Å². The van der Waals surface area contributed by atoms with Crippen LogP contribution in [-0.2, 0) is 28.5 Å². The number of fused-ring (bicyclic) bond motifs is 1. The first-order valence-corrected chi connectivity index (χ1v) is 19.9. The number of phenols is 4. The number of carbonyl (C=O) groups is 1. The number of esters is 1. The predicted octanol–water partition coefficient (Wildman–Crippen LogP) is -2.24. The van der Waals surface area contributed by atoms with Gasteiger partial charge in [-0.2, -0.15) is 0 Å². The first-order chi connectivity index (χ1) is 30.9. The fourth-order valence-corrected chi connectivity index (χ4v) is 7.23. The van der Waals surface area contributed by atoms with Crippen LogP contribution in [0, 0.1) is 0 Å². The van der Waals surface area contributed by atoms with Crippen molar-refractivity contribution >= 4 is 23.0 Å². The summed E-state index contributed by atoms with van der Waals surface area (Å²) in [6.45, 7) is -0.273. The minimum Gasteiger partial charge on any atom is -0.508 e. The van der Waals surface area contributed by atoms with Gasteiger partial charge in [-0.05, 0) is 48.9 Å². The van der Waals surface area contributed by atoms with E-state index in [4.69, 9.17) is 37.6 Å². The molecule has 352 valence electrons. The van der Waals surface area contributed by atoms with E-state index in [9.17, 15) is 76.0 Å². The number of carbonyl (C=O) groups excluding carboxylic acids is 1. The smallest absolute Gasteiger partial charge is 0.330 e. The van der Waals surface area contributed by atoms with Crippen molar-refractivity contribution in [2.45, 2.75) is 99.0 Å². The number of rotatable bonds is 12. The van der Waals surface area contributed by atoms with Gasteiger partial charge in [-0.25, -0.2) is 4.79 Å². The number of aliphatic hydroxyl groups excluding tert-OH is 9. The van der Waals surface area contributed by atoms with Crippen LogP contribution in [0.2, 0.25) is 0 Å². The highest BCUT2D eigenvalue weighted by molar-refractivity contribution is 5.89. The van der Waals surface area contributed by atoms with E-state index >= 15 is 0 Å². The van der Waals surface area contributed by atoms with Crippen molar-refractivity contribution < 1.29 is 109 Å². The van der Waals surface area contributed by atoms with Gasteiger partial charge in [-0.1, -0.05) is 12.1 Å². The van der Waals surface area contributed by atoms with E-state index in [0.717, 1.165) is 30.3 Å². The molecule has 0 unspecified atom stereocenters. The Morgan fingerprint density at radius 2 is 1.34 bits per heavy atom. The summed E-state index contributed by atoms with van der Waals surface area (Å²) in [6, 6.07) is 10.9. The fourth-order valence-electron chi connectivity index (χ4n) is 7.23. The Bertz CT molecular complexity index is 2400. The number of hydrogen-bond acceptors (Lipinski definition) is 23. The van der Waals surface area contributed by atoms with E-state index in [-0.39, 0.29) is 17.1 Å². The highest BCUT2D eigenvalue weighted by atomic mass is 16.8. The first kappa shape index (κ1) is 47.3. The molecular formula is C42H46O23. The summed E-state index contributed by atoms with van der Waals surface area (Å²) in [6.07, 6.45) is -24.6. The van der Waals surface area contributed by atoms with Gasteiger partial charge in [0.2, 0.25) is 23.8 Å². The van der Waals surface area contributed by atoms with Crippen LogP contribution in [0.1, 0.15) is 12.5 Å². The zero-order valence-electron chi connectivity index (χ0n) is 33.8. The molecule has 65 heavy (non-hydrogen) atoms. The van der Waals surface area contributed by atoms with E-state index in [1.54, 1.807) is 0 Å². The highest BCUT2D eigenvalue weighted by Crippen LogP contribution is 2.41. The number of hydrogen-bond donors (Lipinski definition) is 13. The van der Waals surface area contributed by atoms with Crippen molar-refractivity contribution in [2.75, 3.05) is 13.2 Å². The summed E-state index contributed by atoms with van der Waals surface area (Å²) in [5.74, 6) is -4.83. The quantitative estimate of drug-likeness (QED) is 0.0406. The molecule has 0 amide bonds. The normalized spacial score (nSPS) is 32.9. The zero-order chi connectivity index (χ0) is 47.0. The summed E-state index contributed by atoms with van der Waals surface area (Å²) in [5, 5.41) is 136. The number of phenolic OH excluding ortho intramolecular Hbond substituents is 4. The Hall–Kier alpha value is -5.64. The molecule has 0 spiro atoms. The average Bonchev–Trinajstić information content (AvgIpc) is 3.28. The summed E-state index contributed by atoms with van der Waals surface area (Å²) >= 11 is 0.